The van der Waals surface area contributed by atoms with Gasteiger partial charge in [-0.1, -0.05) is 47.1 Å². The van der Waals surface area contributed by atoms with Crippen LogP contribution < -0.4 is 20.2 Å². The van der Waals surface area contributed by atoms with E-state index in [9.17, 15) is 4.79 Å². The van der Waals surface area contributed by atoms with Crippen LogP contribution in [0.25, 0.3) is 0 Å². The van der Waals surface area contributed by atoms with Crippen LogP contribution in [0.4, 0.5) is 5.69 Å². The summed E-state index contributed by atoms with van der Waals surface area (Å²) in [4.78, 5) is 12.6. The van der Waals surface area contributed by atoms with Gasteiger partial charge in [0.05, 0.1) is 13.3 Å². The highest BCUT2D eigenvalue weighted by Crippen LogP contribution is 2.19. The summed E-state index contributed by atoms with van der Waals surface area (Å²) in [6, 6.07) is 22.5. The first kappa shape index (κ1) is 23.3. The number of hydrazone groups is 1. The molecule has 0 saturated carbocycles. The third-order valence-electron chi connectivity index (χ3n) is 4.76. The summed E-state index contributed by atoms with van der Waals surface area (Å²) in [6.45, 7) is 2.38. The number of methoxy groups -OCH3 is 1. The molecule has 0 aliphatic carbocycles. The number of hydrogen-bond acceptors (Lipinski definition) is 5. The standard InChI is InChI=1S/C25H26BrN3O3/c1-3-23(28-21-12-14-22(31-2)15-13-21)25(30)29-27-16-19-6-4-5-7-24(19)32-17-18-8-10-20(26)11-9-18/h4-16,23,28H,3,17H2,1-2H3,(H,29,30)/b27-16-/t23-/m1/s1. The van der Waals surface area contributed by atoms with Crippen molar-refractivity contribution in [1.82, 2.24) is 5.43 Å². The van der Waals surface area contributed by atoms with Gasteiger partial charge in [0.2, 0.25) is 0 Å². The molecule has 3 aromatic rings. The Morgan fingerprint density at radius 3 is 2.47 bits per heavy atom. The number of nitrogens with one attached hydrogen (secondary N) is 2. The van der Waals surface area contributed by atoms with Gasteiger partial charge in [-0.2, -0.15) is 5.10 Å². The first-order chi connectivity index (χ1) is 15.6. The van der Waals surface area contributed by atoms with Gasteiger partial charge in [-0.05, 0) is 60.5 Å². The lowest BCUT2D eigenvalue weighted by atomic mass is 10.2. The molecule has 0 aromatic heterocycles. The molecule has 7 heteroatoms. The predicted octanol–water partition coefficient (Wildman–Crippen LogP) is 5.38. The first-order valence-electron chi connectivity index (χ1n) is 10.3. The largest absolute Gasteiger partial charge is 0.497 e. The van der Waals surface area contributed by atoms with Crippen LogP contribution in [0, 0.1) is 0 Å². The molecule has 3 aromatic carbocycles. The van der Waals surface area contributed by atoms with E-state index in [1.54, 1.807) is 13.3 Å². The van der Waals surface area contributed by atoms with Crippen LogP contribution in [0.5, 0.6) is 11.5 Å². The number of anilines is 1. The number of benzene rings is 3. The number of rotatable bonds is 10. The van der Waals surface area contributed by atoms with Gasteiger partial charge >= 0.3 is 0 Å². The fraction of sp³-hybridized carbons (Fsp3) is 0.200. The lowest BCUT2D eigenvalue weighted by molar-refractivity contribution is -0.121. The molecule has 0 radical (unpaired) electrons. The molecule has 6 nitrogen and oxygen atoms in total. The van der Waals surface area contributed by atoms with E-state index >= 15 is 0 Å². The Balaban J connectivity index is 1.57. The molecule has 0 fully saturated rings. The Morgan fingerprint density at radius 2 is 1.78 bits per heavy atom. The molecule has 1 atom stereocenters. The Hall–Kier alpha value is -3.32. The van der Waals surface area contributed by atoms with Crippen molar-refractivity contribution >= 4 is 33.7 Å². The van der Waals surface area contributed by atoms with Crippen LogP contribution in [-0.2, 0) is 11.4 Å². The molecule has 0 bridgehead atoms. The van der Waals surface area contributed by atoms with Crippen molar-refractivity contribution in [2.45, 2.75) is 26.0 Å². The van der Waals surface area contributed by atoms with Gasteiger partial charge in [-0.3, -0.25) is 4.79 Å². The van der Waals surface area contributed by atoms with Crippen molar-refractivity contribution in [2.24, 2.45) is 5.10 Å². The van der Waals surface area contributed by atoms with Crippen molar-refractivity contribution in [3.8, 4) is 11.5 Å². The van der Waals surface area contributed by atoms with Crippen LogP contribution >= 0.6 is 15.9 Å². The Labute approximate surface area is 196 Å². The maximum Gasteiger partial charge on any atom is 0.262 e. The van der Waals surface area contributed by atoms with E-state index in [2.05, 4.69) is 31.8 Å². The third kappa shape index (κ3) is 6.85. The van der Waals surface area contributed by atoms with Crippen molar-refractivity contribution in [2.75, 3.05) is 12.4 Å². The summed E-state index contributed by atoms with van der Waals surface area (Å²) in [7, 11) is 1.62. The van der Waals surface area contributed by atoms with Crippen molar-refractivity contribution < 1.29 is 14.3 Å². The molecule has 32 heavy (non-hydrogen) atoms. The minimum Gasteiger partial charge on any atom is -0.497 e. The molecule has 0 aliphatic rings. The summed E-state index contributed by atoms with van der Waals surface area (Å²) in [5, 5.41) is 7.35. The molecule has 2 N–H and O–H groups in total. The fourth-order valence-corrected chi connectivity index (χ4v) is 3.21. The number of carbonyl (C=O) groups excluding carboxylic acids is 1. The first-order valence-corrected chi connectivity index (χ1v) is 11.1. The van der Waals surface area contributed by atoms with E-state index in [0.29, 0.717) is 18.8 Å². The van der Waals surface area contributed by atoms with Crippen LogP contribution in [0.2, 0.25) is 0 Å². The second kappa shape index (κ2) is 11.9. The highest BCUT2D eigenvalue weighted by atomic mass is 79.9. The predicted molar refractivity (Wildman–Crippen MR) is 131 cm³/mol. The van der Waals surface area contributed by atoms with Gasteiger partial charge in [0.25, 0.3) is 5.91 Å². The number of para-hydroxylation sites is 1. The van der Waals surface area contributed by atoms with Crippen molar-refractivity contribution in [3.63, 3.8) is 0 Å². The Morgan fingerprint density at radius 1 is 1.06 bits per heavy atom. The number of carbonyl (C=O) groups is 1. The molecule has 0 unspecified atom stereocenters. The average molecular weight is 496 g/mol. The molecule has 0 saturated heterocycles. The number of ether oxygens (including phenoxy) is 2. The van der Waals surface area contributed by atoms with Gasteiger partial charge in [0, 0.05) is 15.7 Å². The number of amides is 1. The SMILES string of the molecule is CC[C@@H](Nc1ccc(OC)cc1)C(=O)N/N=C\c1ccccc1OCc1ccc(Br)cc1. The smallest absolute Gasteiger partial charge is 0.262 e. The monoisotopic (exact) mass is 495 g/mol. The quantitative estimate of drug-likeness (QED) is 0.292. The van der Waals surface area contributed by atoms with E-state index in [1.807, 2.05) is 79.7 Å². The molecule has 0 aliphatic heterocycles. The van der Waals surface area contributed by atoms with E-state index in [-0.39, 0.29) is 5.91 Å². The maximum atomic E-state index is 12.6. The Kier molecular flexibility index (Phi) is 8.69. The van der Waals surface area contributed by atoms with Gasteiger partial charge in [0.1, 0.15) is 24.1 Å². The average Bonchev–Trinajstić information content (AvgIpc) is 2.83. The van der Waals surface area contributed by atoms with E-state index in [1.165, 1.54) is 0 Å². The normalized spacial score (nSPS) is 11.7. The fourth-order valence-electron chi connectivity index (χ4n) is 2.95. The Bertz CT molecular complexity index is 1040. The topological polar surface area (TPSA) is 72.0 Å². The zero-order valence-corrected chi connectivity index (χ0v) is 19.6. The van der Waals surface area contributed by atoms with Crippen LogP contribution in [0.15, 0.2) is 82.4 Å². The number of nitrogens with zero attached hydrogens (tertiary/aromatic N) is 1. The van der Waals surface area contributed by atoms with Crippen molar-refractivity contribution in [1.29, 1.82) is 0 Å². The van der Waals surface area contributed by atoms with Crippen LogP contribution in [0.3, 0.4) is 0 Å². The summed E-state index contributed by atoms with van der Waals surface area (Å²) < 4.78 is 12.1. The molecular weight excluding hydrogens is 470 g/mol. The summed E-state index contributed by atoms with van der Waals surface area (Å²) in [5.74, 6) is 1.24. The number of hydrogen-bond donors (Lipinski definition) is 2. The van der Waals surface area contributed by atoms with Crippen LogP contribution in [-0.4, -0.2) is 25.3 Å². The molecule has 1 amide bonds. The number of halogens is 1. The van der Waals surface area contributed by atoms with E-state index < -0.39 is 6.04 Å². The second-order valence-corrected chi connectivity index (χ2v) is 7.94. The minimum absolute atomic E-state index is 0.215. The molecule has 3 rings (SSSR count). The lowest BCUT2D eigenvalue weighted by Crippen LogP contribution is -2.36. The highest BCUT2D eigenvalue weighted by Gasteiger charge is 2.15. The summed E-state index contributed by atoms with van der Waals surface area (Å²) in [6.07, 6.45) is 2.20. The van der Waals surface area contributed by atoms with Gasteiger partial charge in [-0.15, -0.1) is 0 Å². The summed E-state index contributed by atoms with van der Waals surface area (Å²) in [5.41, 5.74) is 5.29. The molecule has 0 heterocycles. The van der Waals surface area contributed by atoms with Gasteiger partial charge < -0.3 is 14.8 Å². The second-order valence-electron chi connectivity index (χ2n) is 7.02. The van der Waals surface area contributed by atoms with Crippen LogP contribution in [0.1, 0.15) is 24.5 Å². The molecule has 0 spiro atoms. The van der Waals surface area contributed by atoms with Gasteiger partial charge in [-0.25, -0.2) is 5.43 Å². The lowest BCUT2D eigenvalue weighted by Gasteiger charge is -2.16. The van der Waals surface area contributed by atoms with E-state index in [4.69, 9.17) is 9.47 Å². The van der Waals surface area contributed by atoms with E-state index in [0.717, 1.165) is 27.0 Å². The highest BCUT2D eigenvalue weighted by molar-refractivity contribution is 9.10. The zero-order valence-electron chi connectivity index (χ0n) is 18.0. The van der Waals surface area contributed by atoms with Crippen molar-refractivity contribution in [3.05, 3.63) is 88.4 Å². The molecule has 166 valence electrons. The minimum atomic E-state index is -0.413. The molecular formula is C25H26BrN3O3. The third-order valence-corrected chi connectivity index (χ3v) is 5.29. The van der Waals surface area contributed by atoms with Gasteiger partial charge in [0.15, 0.2) is 0 Å². The summed E-state index contributed by atoms with van der Waals surface area (Å²) >= 11 is 3.43. The zero-order chi connectivity index (χ0) is 22.8. The maximum absolute atomic E-state index is 12.6.